The molecule has 11 N–H and O–H groups in total. The van der Waals surface area contributed by atoms with E-state index in [0.29, 0.717) is 51.6 Å². The van der Waals surface area contributed by atoms with Crippen LogP contribution in [0.25, 0.3) is 10.9 Å². The van der Waals surface area contributed by atoms with Crippen LogP contribution in [0.4, 0.5) is 0 Å². The minimum absolute atomic E-state index is 0.00125. The first-order chi connectivity index (χ1) is 31.8. The summed E-state index contributed by atoms with van der Waals surface area (Å²) < 4.78 is 0. The molecule has 1 aliphatic carbocycles. The SMILES string of the molecule is CC(=O)NCCCC(NC(=O)[C@H](Cc1ccccc1)NC(C)=O)C(=O)N1CCCC1C(=O)N[C@H](CC1CCCCC1)C(=O)NC(Cc1c[nH]c2ccccc12)C(=O)NCCCCN=C(N)N. The van der Waals surface area contributed by atoms with Crippen LogP contribution in [-0.2, 0) is 46.4 Å². The van der Waals surface area contributed by atoms with Crippen LogP contribution in [0.2, 0.25) is 0 Å². The number of nitrogens with two attached hydrogens (primary N) is 2. The van der Waals surface area contributed by atoms with Gasteiger partial charge in [0, 0.05) is 70.0 Å². The van der Waals surface area contributed by atoms with Gasteiger partial charge >= 0.3 is 0 Å². The Hall–Kier alpha value is -6.46. The number of para-hydroxylation sites is 1. The van der Waals surface area contributed by atoms with Crippen LogP contribution in [0, 0.1) is 5.92 Å². The Balaban J connectivity index is 1.34. The van der Waals surface area contributed by atoms with Crippen LogP contribution in [0.15, 0.2) is 65.8 Å². The highest BCUT2D eigenvalue weighted by Crippen LogP contribution is 2.28. The first kappa shape index (κ1) is 50.5. The summed E-state index contributed by atoms with van der Waals surface area (Å²) in [6, 6.07) is 11.9. The average molecular weight is 912 g/mol. The summed E-state index contributed by atoms with van der Waals surface area (Å²) in [6.07, 6.45) is 10.1. The predicted molar refractivity (Wildman–Crippen MR) is 252 cm³/mol. The largest absolute Gasteiger partial charge is 0.370 e. The van der Waals surface area contributed by atoms with Gasteiger partial charge in [0.2, 0.25) is 41.4 Å². The molecule has 1 aromatic heterocycles. The maximum Gasteiger partial charge on any atom is 0.245 e. The van der Waals surface area contributed by atoms with Crippen molar-refractivity contribution in [1.82, 2.24) is 41.8 Å². The number of guanidine groups is 1. The van der Waals surface area contributed by atoms with Gasteiger partial charge in [0.05, 0.1) is 0 Å². The Kier molecular flexibility index (Phi) is 19.8. The van der Waals surface area contributed by atoms with Gasteiger partial charge in [0.15, 0.2) is 5.96 Å². The van der Waals surface area contributed by atoms with Crippen molar-refractivity contribution >= 4 is 58.2 Å². The first-order valence-corrected chi connectivity index (χ1v) is 23.4. The van der Waals surface area contributed by atoms with E-state index in [-0.39, 0.29) is 56.0 Å². The van der Waals surface area contributed by atoms with Crippen molar-refractivity contribution in [2.75, 3.05) is 26.2 Å². The van der Waals surface area contributed by atoms with E-state index in [1.54, 1.807) is 0 Å². The van der Waals surface area contributed by atoms with E-state index in [0.717, 1.165) is 54.1 Å². The average Bonchev–Trinajstić information content (AvgIpc) is 3.96. The third kappa shape index (κ3) is 15.9. The molecule has 358 valence electrons. The van der Waals surface area contributed by atoms with Crippen LogP contribution in [0.5, 0.6) is 0 Å². The lowest BCUT2D eigenvalue weighted by Gasteiger charge is -2.32. The summed E-state index contributed by atoms with van der Waals surface area (Å²) in [5.74, 6) is -2.90. The van der Waals surface area contributed by atoms with E-state index in [4.69, 9.17) is 11.5 Å². The number of nitrogens with one attached hydrogen (secondary N) is 7. The number of fused-ring (bicyclic) bond motifs is 1. The van der Waals surface area contributed by atoms with Crippen LogP contribution in [-0.4, -0.2) is 114 Å². The lowest BCUT2D eigenvalue weighted by atomic mass is 9.84. The summed E-state index contributed by atoms with van der Waals surface area (Å²) in [4.78, 5) is 104. The van der Waals surface area contributed by atoms with Gasteiger partial charge < -0.3 is 53.3 Å². The molecule has 3 aromatic rings. The zero-order valence-corrected chi connectivity index (χ0v) is 38.4. The maximum atomic E-state index is 14.5. The molecule has 66 heavy (non-hydrogen) atoms. The number of H-pyrrole nitrogens is 1. The maximum absolute atomic E-state index is 14.5. The van der Waals surface area contributed by atoms with Gasteiger partial charge in [-0.05, 0) is 68.1 Å². The second kappa shape index (κ2) is 25.9. The number of aromatic nitrogens is 1. The number of hydrogen-bond acceptors (Lipinski definition) is 8. The van der Waals surface area contributed by atoms with Gasteiger partial charge in [-0.1, -0.05) is 80.6 Å². The van der Waals surface area contributed by atoms with Crippen molar-refractivity contribution < 1.29 is 33.6 Å². The van der Waals surface area contributed by atoms with Crippen LogP contribution < -0.4 is 43.4 Å². The normalized spacial score (nSPS) is 16.8. The number of amides is 7. The number of aromatic amines is 1. The number of aliphatic imine (C=N–C) groups is 1. The Morgan fingerprint density at radius 2 is 1.38 bits per heavy atom. The lowest BCUT2D eigenvalue weighted by Crippen LogP contribution is -2.59. The number of rotatable bonds is 24. The van der Waals surface area contributed by atoms with E-state index in [9.17, 15) is 33.6 Å². The molecule has 2 aromatic carbocycles. The highest BCUT2D eigenvalue weighted by Gasteiger charge is 2.40. The van der Waals surface area contributed by atoms with E-state index < -0.39 is 59.7 Å². The standard InChI is InChI=1S/C48H69N11O7/c1-31(60)51-25-13-21-38(56-44(63)39(55-32(2)61)27-33-15-5-3-6-16-33)47(66)59-26-14-22-42(59)46(65)58-40(28-34-17-7-4-8-18-34)45(64)57-41(43(62)52-23-11-12-24-53-48(49)50)29-35-30-54-37-20-10-9-19-36(35)37/h3,5-6,9-10,15-16,19-20,30,34,38-42,54H,4,7-8,11-14,17-18,21-29H2,1-2H3,(H,51,60)(H,52,62)(H,55,61)(H,56,63)(H,57,64)(H,58,65)(H4,49,50,53)/t38?,39-,40+,41?,42?/m0/s1. The summed E-state index contributed by atoms with van der Waals surface area (Å²) >= 11 is 0. The number of nitrogens with zero attached hydrogens (tertiary/aromatic N) is 2. The third-order valence-corrected chi connectivity index (χ3v) is 12.3. The van der Waals surface area contributed by atoms with Crippen molar-refractivity contribution in [2.24, 2.45) is 22.4 Å². The molecule has 2 aliphatic rings. The van der Waals surface area contributed by atoms with Gasteiger partial charge in [-0.2, -0.15) is 0 Å². The zero-order chi connectivity index (χ0) is 47.4. The van der Waals surface area contributed by atoms with Gasteiger partial charge in [0.25, 0.3) is 0 Å². The second-order valence-corrected chi connectivity index (χ2v) is 17.5. The van der Waals surface area contributed by atoms with Gasteiger partial charge in [0.1, 0.15) is 30.2 Å². The number of unbranched alkanes of at least 4 members (excludes halogenated alkanes) is 1. The smallest absolute Gasteiger partial charge is 0.245 e. The van der Waals surface area contributed by atoms with Crippen molar-refractivity contribution in [2.45, 2.75) is 134 Å². The fourth-order valence-electron chi connectivity index (χ4n) is 8.95. The van der Waals surface area contributed by atoms with Gasteiger partial charge in [-0.15, -0.1) is 0 Å². The minimum Gasteiger partial charge on any atom is -0.370 e. The monoisotopic (exact) mass is 912 g/mol. The molecule has 0 radical (unpaired) electrons. The topological polar surface area (TPSA) is 275 Å². The van der Waals surface area contributed by atoms with E-state index in [2.05, 4.69) is 41.9 Å². The molecule has 1 aliphatic heterocycles. The quantitative estimate of drug-likeness (QED) is 0.0361. The Morgan fingerprint density at radius 3 is 2.11 bits per heavy atom. The van der Waals surface area contributed by atoms with Crippen molar-refractivity contribution in [3.8, 4) is 0 Å². The summed E-state index contributed by atoms with van der Waals surface area (Å²) in [7, 11) is 0. The van der Waals surface area contributed by atoms with Crippen molar-refractivity contribution in [1.29, 1.82) is 0 Å². The fourth-order valence-corrected chi connectivity index (χ4v) is 8.95. The molecular weight excluding hydrogens is 843 g/mol. The number of carbonyl (C=O) groups excluding carboxylic acids is 7. The summed E-state index contributed by atoms with van der Waals surface area (Å²) in [5.41, 5.74) is 13.4. The molecule has 3 unspecified atom stereocenters. The van der Waals surface area contributed by atoms with Crippen LogP contribution >= 0.6 is 0 Å². The number of benzene rings is 2. The highest BCUT2D eigenvalue weighted by atomic mass is 16.2. The number of carbonyl (C=O) groups is 7. The second-order valence-electron chi connectivity index (χ2n) is 17.5. The summed E-state index contributed by atoms with van der Waals surface area (Å²) in [5, 5.41) is 18.2. The molecule has 5 rings (SSSR count). The molecule has 0 bridgehead atoms. The molecule has 18 heteroatoms. The minimum atomic E-state index is -1.08. The van der Waals surface area contributed by atoms with E-state index in [1.807, 2.05) is 60.8 Å². The molecule has 1 saturated carbocycles. The summed E-state index contributed by atoms with van der Waals surface area (Å²) in [6.45, 7) is 3.96. The van der Waals surface area contributed by atoms with Crippen molar-refractivity contribution in [3.05, 3.63) is 71.9 Å². The molecular formula is C48H69N11O7. The van der Waals surface area contributed by atoms with E-state index in [1.165, 1.54) is 18.7 Å². The molecule has 0 spiro atoms. The Morgan fingerprint density at radius 1 is 0.697 bits per heavy atom. The number of likely N-dealkylation sites (tertiary alicyclic amines) is 1. The Labute approximate surface area is 387 Å². The van der Waals surface area contributed by atoms with Crippen LogP contribution in [0.3, 0.4) is 0 Å². The first-order valence-electron chi connectivity index (χ1n) is 23.4. The Bertz CT molecular complexity index is 2130. The van der Waals surface area contributed by atoms with Gasteiger partial charge in [-0.25, -0.2) is 0 Å². The van der Waals surface area contributed by atoms with Gasteiger partial charge in [-0.3, -0.25) is 38.6 Å². The molecule has 5 atom stereocenters. The zero-order valence-electron chi connectivity index (χ0n) is 38.4. The predicted octanol–water partition coefficient (Wildman–Crippen LogP) is 1.96. The molecule has 18 nitrogen and oxygen atoms in total. The van der Waals surface area contributed by atoms with E-state index >= 15 is 0 Å². The van der Waals surface area contributed by atoms with Crippen LogP contribution in [0.1, 0.15) is 102 Å². The highest BCUT2D eigenvalue weighted by molar-refractivity contribution is 5.97. The molecule has 2 fully saturated rings. The molecule has 2 heterocycles. The molecule has 7 amide bonds. The third-order valence-electron chi connectivity index (χ3n) is 12.3. The van der Waals surface area contributed by atoms with Crippen molar-refractivity contribution in [3.63, 3.8) is 0 Å². The fraction of sp³-hybridized carbons (Fsp3) is 0.542. The lowest BCUT2D eigenvalue weighted by molar-refractivity contribution is -0.142. The molecule has 1 saturated heterocycles. The number of hydrogen-bond donors (Lipinski definition) is 9.